The molecular formula is C31H43Cl2NO5PS+. The lowest BCUT2D eigenvalue weighted by Crippen LogP contribution is -2.30. The average Bonchev–Trinajstić information content (AvgIpc) is 3.33. The van der Waals surface area contributed by atoms with Crippen LogP contribution in [0, 0.1) is 6.92 Å². The Morgan fingerprint density at radius 2 is 1.46 bits per heavy atom. The normalized spacial score (nSPS) is 12.7. The van der Waals surface area contributed by atoms with Crippen LogP contribution in [0.4, 0.5) is 0 Å². The van der Waals surface area contributed by atoms with Gasteiger partial charge in [0.25, 0.3) is 0 Å². The molecule has 1 unspecified atom stereocenters. The first-order valence-corrected chi connectivity index (χ1v) is 17.8. The molecule has 10 heteroatoms. The van der Waals surface area contributed by atoms with Crippen LogP contribution in [0.2, 0.25) is 10.0 Å². The zero-order valence-corrected chi connectivity index (χ0v) is 27.4. The zero-order valence-electron chi connectivity index (χ0n) is 24.2. The second-order valence-corrected chi connectivity index (χ2v) is 13.6. The van der Waals surface area contributed by atoms with E-state index in [-0.39, 0.29) is 21.5 Å². The molecule has 0 bridgehead atoms. The van der Waals surface area contributed by atoms with Gasteiger partial charge in [0.05, 0.1) is 21.5 Å². The molecule has 0 amide bonds. The molecule has 2 aromatic carbocycles. The van der Waals surface area contributed by atoms with Crippen LogP contribution in [0.3, 0.4) is 0 Å². The minimum absolute atomic E-state index is 0.0549. The summed E-state index contributed by atoms with van der Waals surface area (Å²) in [7, 11) is -4.54. The van der Waals surface area contributed by atoms with E-state index in [1.165, 1.54) is 81.2 Å². The summed E-state index contributed by atoms with van der Waals surface area (Å²) in [6, 6.07) is 9.85. The maximum atomic E-state index is 12.8. The maximum Gasteiger partial charge on any atom is 0.584 e. The number of benzene rings is 2. The van der Waals surface area contributed by atoms with E-state index in [1.54, 1.807) is 29.5 Å². The molecule has 0 aliphatic rings. The van der Waals surface area contributed by atoms with Crippen molar-refractivity contribution in [3.8, 4) is 17.2 Å². The highest BCUT2D eigenvalue weighted by Crippen LogP contribution is 2.48. The number of aryl methyl sites for hydroxylation is 1. The standard InChI is InChI=1S/C31H42Cl2NO5PS/c1-3-4-5-6-7-8-9-10-11-12-13-14-18-37-30-20-29(33)31(21-28(30)32)39-40(35,36)38-27-17-15-16-26(19-27)23-34-22-25(2)41-24-34/h15-17,19-22,24H,3-14,18,23H2,1-2H3/p+1. The van der Waals surface area contributed by atoms with Crippen molar-refractivity contribution < 1.29 is 27.8 Å². The molecule has 0 spiro atoms. The van der Waals surface area contributed by atoms with Gasteiger partial charge in [-0.1, -0.05) is 124 Å². The van der Waals surface area contributed by atoms with Crippen LogP contribution in [0.1, 0.15) is 94.4 Å². The number of hydrogen-bond acceptors (Lipinski definition) is 5. The van der Waals surface area contributed by atoms with Gasteiger partial charge >= 0.3 is 7.82 Å². The molecule has 41 heavy (non-hydrogen) atoms. The van der Waals surface area contributed by atoms with E-state index in [1.807, 2.05) is 29.3 Å². The SMILES string of the molecule is CCCCCCCCCCCCCCOc1cc(Cl)c(OP(=O)(O)Oc2cccc(C[n+]3csc(C)c3)c2)cc1Cl. The van der Waals surface area contributed by atoms with Crippen LogP contribution in [0.25, 0.3) is 0 Å². The minimum atomic E-state index is -4.54. The van der Waals surface area contributed by atoms with Crippen LogP contribution < -0.4 is 18.4 Å². The molecule has 0 aliphatic carbocycles. The van der Waals surface area contributed by atoms with Crippen molar-refractivity contribution >= 4 is 42.4 Å². The molecule has 3 aromatic rings. The van der Waals surface area contributed by atoms with Crippen molar-refractivity contribution in [3.05, 3.63) is 68.6 Å². The van der Waals surface area contributed by atoms with Gasteiger partial charge < -0.3 is 13.8 Å². The van der Waals surface area contributed by atoms with E-state index < -0.39 is 7.82 Å². The van der Waals surface area contributed by atoms with Crippen LogP contribution in [-0.2, 0) is 11.1 Å². The summed E-state index contributed by atoms with van der Waals surface area (Å²) in [5.74, 6) is 0.570. The van der Waals surface area contributed by atoms with Gasteiger partial charge in [-0.15, -0.1) is 0 Å². The number of thiazole rings is 1. The van der Waals surface area contributed by atoms with Gasteiger partial charge in [-0.3, -0.25) is 4.89 Å². The third-order valence-corrected chi connectivity index (χ3v) is 8.97. The number of unbranched alkanes of at least 4 members (excludes halogenated alkanes) is 11. The second-order valence-electron chi connectivity index (χ2n) is 10.4. The number of hydrogen-bond donors (Lipinski definition) is 1. The van der Waals surface area contributed by atoms with E-state index in [4.69, 9.17) is 37.0 Å². The summed E-state index contributed by atoms with van der Waals surface area (Å²) in [5, 5.41) is 0.350. The van der Waals surface area contributed by atoms with E-state index in [0.717, 1.165) is 18.4 Å². The first-order chi connectivity index (χ1) is 19.8. The molecule has 0 aliphatic heterocycles. The van der Waals surface area contributed by atoms with Crippen molar-refractivity contribution in [2.24, 2.45) is 0 Å². The Morgan fingerprint density at radius 3 is 2.10 bits per heavy atom. The average molecular weight is 644 g/mol. The van der Waals surface area contributed by atoms with Crippen molar-refractivity contribution in [1.29, 1.82) is 0 Å². The number of phosphoric ester groups is 1. The monoisotopic (exact) mass is 642 g/mol. The second kappa shape index (κ2) is 18.0. The van der Waals surface area contributed by atoms with Gasteiger partial charge in [-0.05, 0) is 25.5 Å². The smallest absolute Gasteiger partial charge is 0.492 e. The summed E-state index contributed by atoms with van der Waals surface area (Å²) in [6.07, 6.45) is 17.3. The van der Waals surface area contributed by atoms with Gasteiger partial charge in [-0.2, -0.15) is 4.57 Å². The Bertz CT molecular complexity index is 1250. The summed E-state index contributed by atoms with van der Waals surface area (Å²) >= 11 is 14.3. The Morgan fingerprint density at radius 1 is 0.854 bits per heavy atom. The molecule has 1 atom stereocenters. The number of ether oxygens (including phenoxy) is 1. The quantitative estimate of drug-likeness (QED) is 0.0754. The first kappa shape index (κ1) is 33.7. The Kier molecular flexibility index (Phi) is 14.8. The lowest BCUT2D eigenvalue weighted by atomic mass is 10.1. The van der Waals surface area contributed by atoms with E-state index in [2.05, 4.69) is 6.92 Å². The summed E-state index contributed by atoms with van der Waals surface area (Å²) in [4.78, 5) is 11.6. The lowest BCUT2D eigenvalue weighted by molar-refractivity contribution is -0.683. The third-order valence-electron chi connectivity index (χ3n) is 6.66. The van der Waals surface area contributed by atoms with Crippen LogP contribution in [-0.4, -0.2) is 11.5 Å². The zero-order chi connectivity index (χ0) is 29.5. The van der Waals surface area contributed by atoms with Crippen LogP contribution in [0.15, 0.2) is 48.1 Å². The van der Waals surface area contributed by atoms with Gasteiger partial charge in [0.1, 0.15) is 11.5 Å². The highest BCUT2D eigenvalue weighted by atomic mass is 35.5. The number of halogens is 2. The fraction of sp³-hybridized carbons (Fsp3) is 0.516. The highest BCUT2D eigenvalue weighted by Gasteiger charge is 2.27. The Labute approximate surface area is 259 Å². The van der Waals surface area contributed by atoms with E-state index in [0.29, 0.717) is 18.9 Å². The number of phosphoric acid groups is 1. The molecule has 0 saturated heterocycles. The molecule has 1 heterocycles. The van der Waals surface area contributed by atoms with Gasteiger partial charge in [0.2, 0.25) is 5.51 Å². The molecular weight excluding hydrogens is 600 g/mol. The Balaban J connectivity index is 1.39. The van der Waals surface area contributed by atoms with Gasteiger partial charge in [-0.25, -0.2) is 4.57 Å². The third kappa shape index (κ3) is 13.0. The van der Waals surface area contributed by atoms with Gasteiger partial charge in [0.15, 0.2) is 18.5 Å². The largest absolute Gasteiger partial charge is 0.584 e. The molecule has 1 N–H and O–H groups in total. The van der Waals surface area contributed by atoms with Crippen molar-refractivity contribution in [1.82, 2.24) is 0 Å². The first-order valence-electron chi connectivity index (χ1n) is 14.6. The van der Waals surface area contributed by atoms with E-state index >= 15 is 0 Å². The van der Waals surface area contributed by atoms with Crippen molar-refractivity contribution in [3.63, 3.8) is 0 Å². The summed E-state index contributed by atoms with van der Waals surface area (Å²) in [5.41, 5.74) is 2.93. The number of nitrogens with zero attached hydrogens (tertiary/aromatic N) is 1. The number of rotatable bonds is 20. The highest BCUT2D eigenvalue weighted by molar-refractivity contribution is 7.48. The molecule has 6 nitrogen and oxygen atoms in total. The molecule has 0 fully saturated rings. The minimum Gasteiger partial charge on any atom is -0.492 e. The van der Waals surface area contributed by atoms with E-state index in [9.17, 15) is 9.46 Å². The van der Waals surface area contributed by atoms with Crippen molar-refractivity contribution in [2.45, 2.75) is 97.4 Å². The van der Waals surface area contributed by atoms with Crippen LogP contribution in [0.5, 0.6) is 17.2 Å². The number of aromatic nitrogens is 1. The maximum absolute atomic E-state index is 12.8. The molecule has 3 rings (SSSR count). The van der Waals surface area contributed by atoms with Crippen molar-refractivity contribution in [2.75, 3.05) is 6.61 Å². The molecule has 1 aromatic heterocycles. The Hall–Kier alpha value is -1.76. The lowest BCUT2D eigenvalue weighted by Gasteiger charge is -2.16. The fourth-order valence-electron chi connectivity index (χ4n) is 4.53. The van der Waals surface area contributed by atoms with Gasteiger partial charge in [0, 0.05) is 17.7 Å². The molecule has 226 valence electrons. The van der Waals surface area contributed by atoms with Crippen LogP contribution >= 0.6 is 42.4 Å². The fourth-order valence-corrected chi connectivity index (χ4v) is 6.44. The molecule has 0 radical (unpaired) electrons. The predicted octanol–water partition coefficient (Wildman–Crippen LogP) is 10.3. The molecule has 0 saturated carbocycles. The summed E-state index contributed by atoms with van der Waals surface area (Å²) in [6.45, 7) is 5.42. The summed E-state index contributed by atoms with van der Waals surface area (Å²) < 4.78 is 31.2. The topological polar surface area (TPSA) is 68.9 Å². The predicted molar refractivity (Wildman–Crippen MR) is 169 cm³/mol.